The Morgan fingerprint density at radius 2 is 2.25 bits per heavy atom. The summed E-state index contributed by atoms with van der Waals surface area (Å²) in [5, 5.41) is 2.81. The van der Waals surface area contributed by atoms with Crippen LogP contribution in [0.25, 0.3) is 0 Å². The van der Waals surface area contributed by atoms with Gasteiger partial charge in [0.2, 0.25) is 11.8 Å². The molecule has 0 bridgehead atoms. The minimum atomic E-state index is -0.364. The molecule has 0 aromatic carbocycles. The number of carbonyl (C=O) groups excluding carboxylic acids is 2. The van der Waals surface area contributed by atoms with E-state index in [2.05, 4.69) is 10.3 Å². The normalized spacial score (nSPS) is 19.9. The minimum absolute atomic E-state index is 0.0312. The van der Waals surface area contributed by atoms with Crippen LogP contribution in [0, 0.1) is 0 Å². The van der Waals surface area contributed by atoms with Gasteiger partial charge < -0.3 is 14.8 Å². The first-order chi connectivity index (χ1) is 9.61. The molecule has 1 aromatic rings. The average Bonchev–Trinajstić information content (AvgIpc) is 2.77. The number of nitrogens with zero attached hydrogens (tertiary/aromatic N) is 3. The highest BCUT2D eigenvalue weighted by atomic mass is 16.2. The van der Waals surface area contributed by atoms with Gasteiger partial charge in [0.15, 0.2) is 0 Å². The van der Waals surface area contributed by atoms with Gasteiger partial charge in [-0.1, -0.05) is 13.3 Å². The van der Waals surface area contributed by atoms with Gasteiger partial charge >= 0.3 is 0 Å². The summed E-state index contributed by atoms with van der Waals surface area (Å²) >= 11 is 0. The molecule has 0 spiro atoms. The molecule has 2 rings (SSSR count). The van der Waals surface area contributed by atoms with Gasteiger partial charge in [-0.2, -0.15) is 0 Å². The van der Waals surface area contributed by atoms with Gasteiger partial charge in [0.1, 0.15) is 11.9 Å². The van der Waals surface area contributed by atoms with Crippen molar-refractivity contribution in [2.24, 2.45) is 7.05 Å². The van der Waals surface area contributed by atoms with Crippen molar-refractivity contribution in [3.8, 4) is 0 Å². The summed E-state index contributed by atoms with van der Waals surface area (Å²) in [5.74, 6) is 0.955. The molecule has 1 saturated heterocycles. The van der Waals surface area contributed by atoms with Gasteiger partial charge in [0.05, 0.1) is 0 Å². The standard InChI is InChI=1S/C14H22N4O2/c1-3-4-11-14(20)18(9-6-13(19)16-11)8-5-12-15-7-10-17(12)2/h7,10-11H,3-6,8-9H2,1-2H3,(H,16,19). The van der Waals surface area contributed by atoms with E-state index in [-0.39, 0.29) is 17.9 Å². The Hall–Kier alpha value is -1.85. The summed E-state index contributed by atoms with van der Waals surface area (Å²) in [6.45, 7) is 3.12. The van der Waals surface area contributed by atoms with E-state index in [9.17, 15) is 9.59 Å². The fourth-order valence-corrected chi connectivity index (χ4v) is 2.47. The van der Waals surface area contributed by atoms with Crippen LogP contribution < -0.4 is 5.32 Å². The molecule has 2 amide bonds. The number of rotatable bonds is 5. The molecule has 1 unspecified atom stereocenters. The van der Waals surface area contributed by atoms with Crippen LogP contribution in [0.3, 0.4) is 0 Å². The molecule has 1 atom stereocenters. The molecule has 20 heavy (non-hydrogen) atoms. The number of amides is 2. The van der Waals surface area contributed by atoms with Crippen LogP contribution in [0.1, 0.15) is 32.0 Å². The Morgan fingerprint density at radius 3 is 2.90 bits per heavy atom. The van der Waals surface area contributed by atoms with E-state index in [1.54, 1.807) is 11.1 Å². The highest BCUT2D eigenvalue weighted by Gasteiger charge is 2.28. The molecule has 1 aromatic heterocycles. The zero-order chi connectivity index (χ0) is 14.5. The second-order valence-corrected chi connectivity index (χ2v) is 5.19. The molecule has 0 saturated carbocycles. The van der Waals surface area contributed by atoms with Gasteiger partial charge in [0.25, 0.3) is 0 Å². The molecule has 1 aliphatic heterocycles. The zero-order valence-electron chi connectivity index (χ0n) is 12.1. The molecule has 0 radical (unpaired) electrons. The largest absolute Gasteiger partial charge is 0.344 e. The van der Waals surface area contributed by atoms with Gasteiger partial charge in [-0.3, -0.25) is 9.59 Å². The van der Waals surface area contributed by atoms with E-state index in [1.807, 2.05) is 24.7 Å². The van der Waals surface area contributed by atoms with Crippen LogP contribution in [0.5, 0.6) is 0 Å². The van der Waals surface area contributed by atoms with E-state index >= 15 is 0 Å². The smallest absolute Gasteiger partial charge is 0.245 e. The maximum Gasteiger partial charge on any atom is 0.245 e. The summed E-state index contributed by atoms with van der Waals surface area (Å²) in [7, 11) is 1.94. The monoisotopic (exact) mass is 278 g/mol. The summed E-state index contributed by atoms with van der Waals surface area (Å²) in [5.41, 5.74) is 0. The number of imidazole rings is 1. The predicted molar refractivity (Wildman–Crippen MR) is 74.9 cm³/mol. The first kappa shape index (κ1) is 14.6. The molecule has 110 valence electrons. The molecule has 1 fully saturated rings. The molecule has 1 aliphatic rings. The fourth-order valence-electron chi connectivity index (χ4n) is 2.47. The van der Waals surface area contributed by atoms with Crippen molar-refractivity contribution in [2.75, 3.05) is 13.1 Å². The molecule has 1 N–H and O–H groups in total. The maximum absolute atomic E-state index is 12.4. The predicted octanol–water partition coefficient (Wildman–Crippen LogP) is 0.480. The molecule has 6 heteroatoms. The summed E-state index contributed by atoms with van der Waals surface area (Å²) in [4.78, 5) is 30.1. The number of aryl methyl sites for hydroxylation is 1. The average molecular weight is 278 g/mol. The van der Waals surface area contributed by atoms with Crippen molar-refractivity contribution >= 4 is 11.8 Å². The van der Waals surface area contributed by atoms with Crippen molar-refractivity contribution in [3.63, 3.8) is 0 Å². The van der Waals surface area contributed by atoms with E-state index < -0.39 is 0 Å². The van der Waals surface area contributed by atoms with Crippen molar-refractivity contribution in [1.29, 1.82) is 0 Å². The molecular weight excluding hydrogens is 256 g/mol. The quantitative estimate of drug-likeness (QED) is 0.852. The number of hydrogen-bond donors (Lipinski definition) is 1. The SMILES string of the molecule is CCCC1NC(=O)CCN(CCc2nccn2C)C1=O. The van der Waals surface area contributed by atoms with E-state index in [0.29, 0.717) is 32.4 Å². The fraction of sp³-hybridized carbons (Fsp3) is 0.643. The molecular formula is C14H22N4O2. The summed E-state index contributed by atoms with van der Waals surface area (Å²) in [6, 6.07) is -0.364. The van der Waals surface area contributed by atoms with E-state index in [0.717, 1.165) is 12.2 Å². The Morgan fingerprint density at radius 1 is 1.45 bits per heavy atom. The third-order valence-electron chi connectivity index (χ3n) is 3.66. The van der Waals surface area contributed by atoms with Gasteiger partial charge in [0, 0.05) is 45.4 Å². The van der Waals surface area contributed by atoms with Crippen LogP contribution in [0.4, 0.5) is 0 Å². The first-order valence-electron chi connectivity index (χ1n) is 7.16. The maximum atomic E-state index is 12.4. The van der Waals surface area contributed by atoms with Crippen molar-refractivity contribution in [2.45, 2.75) is 38.6 Å². The summed E-state index contributed by atoms with van der Waals surface area (Å²) < 4.78 is 1.95. The number of hydrogen-bond acceptors (Lipinski definition) is 3. The minimum Gasteiger partial charge on any atom is -0.344 e. The lowest BCUT2D eigenvalue weighted by Crippen LogP contribution is -2.45. The lowest BCUT2D eigenvalue weighted by Gasteiger charge is -2.23. The Balaban J connectivity index is 2.00. The lowest BCUT2D eigenvalue weighted by molar-refractivity contribution is -0.133. The first-order valence-corrected chi connectivity index (χ1v) is 7.16. The topological polar surface area (TPSA) is 67.2 Å². The van der Waals surface area contributed by atoms with Crippen molar-refractivity contribution < 1.29 is 9.59 Å². The molecule has 6 nitrogen and oxygen atoms in total. The van der Waals surface area contributed by atoms with E-state index in [1.165, 1.54) is 0 Å². The third-order valence-corrected chi connectivity index (χ3v) is 3.66. The Labute approximate surface area is 119 Å². The van der Waals surface area contributed by atoms with Gasteiger partial charge in [-0.15, -0.1) is 0 Å². The second-order valence-electron chi connectivity index (χ2n) is 5.19. The van der Waals surface area contributed by atoms with Crippen LogP contribution >= 0.6 is 0 Å². The van der Waals surface area contributed by atoms with Crippen LogP contribution in [-0.4, -0.2) is 45.4 Å². The highest BCUT2D eigenvalue weighted by Crippen LogP contribution is 2.09. The van der Waals surface area contributed by atoms with Gasteiger partial charge in [-0.05, 0) is 6.42 Å². The lowest BCUT2D eigenvalue weighted by atomic mass is 10.1. The van der Waals surface area contributed by atoms with E-state index in [4.69, 9.17) is 0 Å². The van der Waals surface area contributed by atoms with Crippen LogP contribution in [-0.2, 0) is 23.1 Å². The zero-order valence-corrected chi connectivity index (χ0v) is 12.1. The van der Waals surface area contributed by atoms with Crippen LogP contribution in [0.2, 0.25) is 0 Å². The number of nitrogens with one attached hydrogen (secondary N) is 1. The van der Waals surface area contributed by atoms with Gasteiger partial charge in [-0.25, -0.2) is 4.98 Å². The number of aromatic nitrogens is 2. The third kappa shape index (κ3) is 3.37. The second kappa shape index (κ2) is 6.54. The Kier molecular flexibility index (Phi) is 4.76. The molecule has 2 heterocycles. The summed E-state index contributed by atoms with van der Waals surface area (Å²) in [6.07, 6.45) is 6.32. The highest BCUT2D eigenvalue weighted by molar-refractivity contribution is 5.89. The Bertz CT molecular complexity index is 483. The van der Waals surface area contributed by atoms with Crippen molar-refractivity contribution in [3.05, 3.63) is 18.2 Å². The van der Waals surface area contributed by atoms with Crippen LogP contribution in [0.15, 0.2) is 12.4 Å². The number of carbonyl (C=O) groups is 2. The molecule has 0 aliphatic carbocycles. The van der Waals surface area contributed by atoms with Crippen molar-refractivity contribution in [1.82, 2.24) is 19.8 Å².